The highest BCUT2D eigenvalue weighted by molar-refractivity contribution is 5.85. The van der Waals surface area contributed by atoms with Crippen LogP contribution in [-0.2, 0) is 16.0 Å². The minimum absolute atomic E-state index is 0. The summed E-state index contributed by atoms with van der Waals surface area (Å²) in [5, 5.41) is 3.41. The molecule has 0 radical (unpaired) electrons. The van der Waals surface area contributed by atoms with E-state index in [1.165, 1.54) is 11.1 Å². The van der Waals surface area contributed by atoms with Crippen molar-refractivity contribution in [1.29, 1.82) is 0 Å². The Hall–Kier alpha value is -1.84. The van der Waals surface area contributed by atoms with Crippen LogP contribution < -0.4 is 5.32 Å². The SMILES string of the molecule is CCOC(=O)C(CCc1ccccc1)N[C@@H](C)c1ccccc1.Cl. The van der Waals surface area contributed by atoms with Crippen molar-refractivity contribution in [2.75, 3.05) is 6.61 Å². The largest absolute Gasteiger partial charge is 0.465 e. The number of rotatable bonds is 8. The first-order chi connectivity index (χ1) is 11.2. The van der Waals surface area contributed by atoms with E-state index >= 15 is 0 Å². The predicted octanol–water partition coefficient (Wildman–Crippen LogP) is 4.32. The van der Waals surface area contributed by atoms with Crippen molar-refractivity contribution in [3.63, 3.8) is 0 Å². The lowest BCUT2D eigenvalue weighted by Crippen LogP contribution is -2.40. The van der Waals surface area contributed by atoms with Gasteiger partial charge in [0.05, 0.1) is 6.61 Å². The number of hydrogen-bond donors (Lipinski definition) is 1. The van der Waals surface area contributed by atoms with E-state index in [4.69, 9.17) is 4.74 Å². The van der Waals surface area contributed by atoms with Crippen molar-refractivity contribution in [2.24, 2.45) is 0 Å². The number of halogens is 1. The van der Waals surface area contributed by atoms with Crippen LogP contribution in [0.15, 0.2) is 60.7 Å². The van der Waals surface area contributed by atoms with Crippen LogP contribution in [0.4, 0.5) is 0 Å². The standard InChI is InChI=1S/C20H25NO2.ClH/c1-3-23-20(22)19(15-14-17-10-6-4-7-11-17)21-16(2)18-12-8-5-9-13-18;/h4-13,16,19,21H,3,14-15H2,1-2H3;1H/t16-,19?;/m0./s1. The van der Waals surface area contributed by atoms with Gasteiger partial charge in [0.25, 0.3) is 0 Å². The van der Waals surface area contributed by atoms with Crippen LogP contribution in [0.25, 0.3) is 0 Å². The van der Waals surface area contributed by atoms with Gasteiger partial charge in [0.1, 0.15) is 6.04 Å². The maximum absolute atomic E-state index is 12.2. The Bertz CT molecular complexity index is 589. The minimum atomic E-state index is -0.301. The topological polar surface area (TPSA) is 38.3 Å². The number of esters is 1. The van der Waals surface area contributed by atoms with Crippen LogP contribution in [0.5, 0.6) is 0 Å². The molecule has 2 aromatic carbocycles. The van der Waals surface area contributed by atoms with Gasteiger partial charge in [0, 0.05) is 6.04 Å². The summed E-state index contributed by atoms with van der Waals surface area (Å²) >= 11 is 0. The third kappa shape index (κ3) is 6.34. The van der Waals surface area contributed by atoms with E-state index in [0.29, 0.717) is 6.61 Å². The Morgan fingerprint density at radius 2 is 1.62 bits per heavy atom. The Balaban J connectivity index is 0.00000288. The molecule has 2 rings (SSSR count). The third-order valence-corrected chi connectivity index (χ3v) is 3.89. The molecule has 130 valence electrons. The first-order valence-corrected chi connectivity index (χ1v) is 8.22. The fourth-order valence-corrected chi connectivity index (χ4v) is 2.61. The van der Waals surface area contributed by atoms with Crippen LogP contribution in [0.1, 0.15) is 37.4 Å². The molecule has 4 heteroatoms. The van der Waals surface area contributed by atoms with Crippen LogP contribution in [-0.4, -0.2) is 18.6 Å². The molecule has 3 nitrogen and oxygen atoms in total. The summed E-state index contributed by atoms with van der Waals surface area (Å²) in [6, 6.07) is 20.2. The average molecular weight is 348 g/mol. The normalized spacial score (nSPS) is 12.8. The summed E-state index contributed by atoms with van der Waals surface area (Å²) < 4.78 is 5.23. The molecule has 24 heavy (non-hydrogen) atoms. The summed E-state index contributed by atoms with van der Waals surface area (Å²) in [6.07, 6.45) is 1.57. The fraction of sp³-hybridized carbons (Fsp3) is 0.350. The molecule has 0 aliphatic rings. The molecule has 0 bridgehead atoms. The number of carbonyl (C=O) groups excluding carboxylic acids is 1. The molecule has 0 amide bonds. The van der Waals surface area contributed by atoms with Crippen molar-refractivity contribution >= 4 is 18.4 Å². The quantitative estimate of drug-likeness (QED) is 0.722. The van der Waals surface area contributed by atoms with E-state index in [1.54, 1.807) is 0 Å². The smallest absolute Gasteiger partial charge is 0.323 e. The van der Waals surface area contributed by atoms with Gasteiger partial charge >= 0.3 is 5.97 Å². The third-order valence-electron chi connectivity index (χ3n) is 3.89. The van der Waals surface area contributed by atoms with Gasteiger partial charge in [-0.3, -0.25) is 10.1 Å². The van der Waals surface area contributed by atoms with Crippen LogP contribution in [0, 0.1) is 0 Å². The average Bonchev–Trinajstić information content (AvgIpc) is 2.60. The first kappa shape index (κ1) is 20.2. The van der Waals surface area contributed by atoms with Gasteiger partial charge in [-0.15, -0.1) is 12.4 Å². The van der Waals surface area contributed by atoms with Gasteiger partial charge in [0.2, 0.25) is 0 Å². The molecule has 1 unspecified atom stereocenters. The molecule has 0 aliphatic heterocycles. The zero-order chi connectivity index (χ0) is 16.5. The van der Waals surface area contributed by atoms with Gasteiger partial charge < -0.3 is 4.74 Å². The Morgan fingerprint density at radius 3 is 2.21 bits per heavy atom. The molecule has 0 spiro atoms. The fourth-order valence-electron chi connectivity index (χ4n) is 2.61. The maximum atomic E-state index is 12.2. The molecule has 0 saturated carbocycles. The van der Waals surface area contributed by atoms with Gasteiger partial charge in [0.15, 0.2) is 0 Å². The molecule has 0 heterocycles. The van der Waals surface area contributed by atoms with Crippen molar-refractivity contribution in [1.82, 2.24) is 5.32 Å². The van der Waals surface area contributed by atoms with Gasteiger partial charge in [-0.2, -0.15) is 0 Å². The molecule has 0 fully saturated rings. The second-order valence-electron chi connectivity index (χ2n) is 5.63. The van der Waals surface area contributed by atoms with Crippen LogP contribution in [0.2, 0.25) is 0 Å². The molecule has 1 N–H and O–H groups in total. The van der Waals surface area contributed by atoms with E-state index in [2.05, 4.69) is 36.5 Å². The predicted molar refractivity (Wildman–Crippen MR) is 100 cm³/mol. The van der Waals surface area contributed by atoms with Gasteiger partial charge in [-0.1, -0.05) is 60.7 Å². The number of carbonyl (C=O) groups is 1. The molecular weight excluding hydrogens is 322 g/mol. The monoisotopic (exact) mass is 347 g/mol. The summed E-state index contributed by atoms with van der Waals surface area (Å²) in [6.45, 7) is 4.32. The highest BCUT2D eigenvalue weighted by atomic mass is 35.5. The van der Waals surface area contributed by atoms with E-state index in [0.717, 1.165) is 12.8 Å². The zero-order valence-corrected chi connectivity index (χ0v) is 15.1. The molecule has 0 aromatic heterocycles. The summed E-state index contributed by atoms with van der Waals surface area (Å²) in [5.74, 6) is -0.175. The van der Waals surface area contributed by atoms with Crippen LogP contribution in [0.3, 0.4) is 0 Å². The van der Waals surface area contributed by atoms with Crippen molar-refractivity contribution in [2.45, 2.75) is 38.8 Å². The molecule has 2 atom stereocenters. The highest BCUT2D eigenvalue weighted by Gasteiger charge is 2.22. The van der Waals surface area contributed by atoms with Crippen molar-refractivity contribution < 1.29 is 9.53 Å². The number of aryl methyl sites for hydroxylation is 1. The first-order valence-electron chi connectivity index (χ1n) is 8.22. The van der Waals surface area contributed by atoms with Crippen molar-refractivity contribution in [3.05, 3.63) is 71.8 Å². The maximum Gasteiger partial charge on any atom is 0.323 e. The summed E-state index contributed by atoms with van der Waals surface area (Å²) in [4.78, 5) is 12.2. The molecular formula is C20H26ClNO2. The highest BCUT2D eigenvalue weighted by Crippen LogP contribution is 2.15. The number of hydrogen-bond acceptors (Lipinski definition) is 3. The summed E-state index contributed by atoms with van der Waals surface area (Å²) in [7, 11) is 0. The lowest BCUT2D eigenvalue weighted by atomic mass is 10.0. The van der Waals surface area contributed by atoms with E-state index in [-0.39, 0.29) is 30.5 Å². The number of ether oxygens (including phenoxy) is 1. The van der Waals surface area contributed by atoms with Crippen molar-refractivity contribution in [3.8, 4) is 0 Å². The molecule has 0 aliphatic carbocycles. The molecule has 2 aromatic rings. The lowest BCUT2D eigenvalue weighted by Gasteiger charge is -2.22. The Morgan fingerprint density at radius 1 is 1.04 bits per heavy atom. The van der Waals surface area contributed by atoms with Crippen LogP contribution >= 0.6 is 12.4 Å². The second-order valence-corrected chi connectivity index (χ2v) is 5.63. The Kier molecular flexibility index (Phi) is 9.13. The second kappa shape index (κ2) is 10.8. The van der Waals surface area contributed by atoms with E-state index in [1.807, 2.05) is 43.3 Å². The number of benzene rings is 2. The zero-order valence-electron chi connectivity index (χ0n) is 14.3. The van der Waals surface area contributed by atoms with E-state index in [9.17, 15) is 4.79 Å². The number of nitrogens with one attached hydrogen (secondary N) is 1. The summed E-state index contributed by atoms with van der Waals surface area (Å²) in [5.41, 5.74) is 2.40. The van der Waals surface area contributed by atoms with E-state index < -0.39 is 0 Å². The lowest BCUT2D eigenvalue weighted by molar-refractivity contribution is -0.146. The minimum Gasteiger partial charge on any atom is -0.465 e. The van der Waals surface area contributed by atoms with Gasteiger partial charge in [-0.05, 0) is 37.8 Å². The van der Waals surface area contributed by atoms with Gasteiger partial charge in [-0.25, -0.2) is 0 Å². The molecule has 0 saturated heterocycles. The Labute approximate surface area is 150 Å².